The van der Waals surface area contributed by atoms with E-state index in [1.807, 2.05) is 6.92 Å². The van der Waals surface area contributed by atoms with Gasteiger partial charge in [-0.1, -0.05) is 45.6 Å². The van der Waals surface area contributed by atoms with E-state index in [-0.39, 0.29) is 34.6 Å². The van der Waals surface area contributed by atoms with Crippen LogP contribution in [0.3, 0.4) is 0 Å². The minimum atomic E-state index is -1.29. The normalized spacial score (nSPS) is 14.3. The number of carbonyl (C=O) groups is 1. The van der Waals surface area contributed by atoms with Crippen molar-refractivity contribution in [1.82, 2.24) is 14.9 Å². The number of furan rings is 1. The van der Waals surface area contributed by atoms with Gasteiger partial charge in [0.2, 0.25) is 17.7 Å². The predicted molar refractivity (Wildman–Crippen MR) is 175 cm³/mol. The standard InChI is InChI=1S/C32H47N5O6Si/c1-22-10-11-23(32(2,3)21-44(6,7)8)20-25(22)43-26-13-12-24(42-26)28(38)34-27-29(39-4)35-31(36-30(27)40-5)33-14-9-15-37-16-18-41-19-17-37/h10-13,20H,9,14-19,21H2,1-8H3,(H,34,38)(H,33,35,36). The number of nitrogens with one attached hydrogen (secondary N) is 2. The number of rotatable bonds is 14. The van der Waals surface area contributed by atoms with Crippen LogP contribution in [0, 0.1) is 6.92 Å². The second-order valence-corrected chi connectivity index (χ2v) is 18.4. The van der Waals surface area contributed by atoms with Gasteiger partial charge in [-0.3, -0.25) is 9.69 Å². The zero-order valence-electron chi connectivity index (χ0n) is 27.3. The summed E-state index contributed by atoms with van der Waals surface area (Å²) in [6.07, 6.45) is 0.912. The quantitative estimate of drug-likeness (QED) is 0.158. The first kappa shape index (κ1) is 33.3. The molecule has 1 aliphatic heterocycles. The van der Waals surface area contributed by atoms with Gasteiger partial charge in [-0.2, -0.15) is 9.97 Å². The third kappa shape index (κ3) is 8.96. The molecule has 3 aromatic rings. The Kier molecular flexibility index (Phi) is 10.9. The van der Waals surface area contributed by atoms with E-state index in [1.165, 1.54) is 19.8 Å². The largest absolute Gasteiger partial charge is 0.479 e. The van der Waals surface area contributed by atoms with Crippen molar-refractivity contribution in [2.75, 3.05) is 64.2 Å². The van der Waals surface area contributed by atoms with Gasteiger partial charge in [-0.15, -0.1) is 0 Å². The number of aryl methyl sites for hydroxylation is 1. The lowest BCUT2D eigenvalue weighted by atomic mass is 9.86. The zero-order valence-corrected chi connectivity index (χ0v) is 28.3. The lowest BCUT2D eigenvalue weighted by Crippen LogP contribution is -2.37. The van der Waals surface area contributed by atoms with Crippen molar-refractivity contribution in [3.05, 3.63) is 47.2 Å². The highest BCUT2D eigenvalue weighted by molar-refractivity contribution is 6.76. The van der Waals surface area contributed by atoms with Gasteiger partial charge in [0.25, 0.3) is 11.9 Å². The molecule has 240 valence electrons. The number of benzene rings is 1. The molecule has 44 heavy (non-hydrogen) atoms. The number of nitrogens with zero attached hydrogens (tertiary/aromatic N) is 3. The number of aromatic nitrogens is 2. The topological polar surface area (TPSA) is 120 Å². The van der Waals surface area contributed by atoms with E-state index in [1.54, 1.807) is 12.1 Å². The van der Waals surface area contributed by atoms with E-state index < -0.39 is 14.0 Å². The van der Waals surface area contributed by atoms with Crippen molar-refractivity contribution in [3.8, 4) is 23.5 Å². The Morgan fingerprint density at radius 2 is 1.73 bits per heavy atom. The van der Waals surface area contributed by atoms with Gasteiger partial charge < -0.3 is 34.0 Å². The van der Waals surface area contributed by atoms with E-state index in [0.717, 1.165) is 50.9 Å². The summed E-state index contributed by atoms with van der Waals surface area (Å²) in [5, 5.41) is 5.98. The first-order valence-electron chi connectivity index (χ1n) is 15.1. The molecular formula is C32H47N5O6Si. The summed E-state index contributed by atoms with van der Waals surface area (Å²) in [6.45, 7) is 18.7. The second-order valence-electron chi connectivity index (χ2n) is 13.0. The van der Waals surface area contributed by atoms with Crippen LogP contribution >= 0.6 is 0 Å². The van der Waals surface area contributed by atoms with Crippen LogP contribution in [0.15, 0.2) is 34.7 Å². The Balaban J connectivity index is 1.42. The molecule has 11 nitrogen and oxygen atoms in total. The molecule has 1 aromatic carbocycles. The number of hydrogen-bond acceptors (Lipinski definition) is 10. The molecule has 0 radical (unpaired) electrons. The van der Waals surface area contributed by atoms with E-state index >= 15 is 0 Å². The maximum atomic E-state index is 13.2. The summed E-state index contributed by atoms with van der Waals surface area (Å²) in [5.41, 5.74) is 2.39. The van der Waals surface area contributed by atoms with Crippen molar-refractivity contribution in [1.29, 1.82) is 0 Å². The van der Waals surface area contributed by atoms with Crippen molar-refractivity contribution in [3.63, 3.8) is 0 Å². The van der Waals surface area contributed by atoms with E-state index in [2.05, 4.69) is 77.2 Å². The molecule has 1 saturated heterocycles. The van der Waals surface area contributed by atoms with E-state index in [0.29, 0.717) is 18.2 Å². The van der Waals surface area contributed by atoms with Crippen LogP contribution in [0.4, 0.5) is 11.6 Å². The highest BCUT2D eigenvalue weighted by Crippen LogP contribution is 2.37. The fourth-order valence-electron chi connectivity index (χ4n) is 5.57. The molecule has 12 heteroatoms. The number of amides is 1. The Morgan fingerprint density at radius 3 is 2.36 bits per heavy atom. The molecule has 0 unspecified atom stereocenters. The molecule has 1 fully saturated rings. The Labute approximate surface area is 261 Å². The van der Waals surface area contributed by atoms with E-state index in [4.69, 9.17) is 23.4 Å². The minimum absolute atomic E-state index is 0.0126. The van der Waals surface area contributed by atoms with Gasteiger partial charge >= 0.3 is 0 Å². The fourth-order valence-corrected chi connectivity index (χ4v) is 8.42. The maximum Gasteiger partial charge on any atom is 0.291 e. The van der Waals surface area contributed by atoms with Crippen molar-refractivity contribution < 1.29 is 28.2 Å². The van der Waals surface area contributed by atoms with Crippen molar-refractivity contribution in [2.45, 2.75) is 58.3 Å². The van der Waals surface area contributed by atoms with Gasteiger partial charge in [0.15, 0.2) is 11.4 Å². The zero-order chi connectivity index (χ0) is 31.9. The van der Waals surface area contributed by atoms with Gasteiger partial charge in [0.05, 0.1) is 27.4 Å². The number of ether oxygens (including phenoxy) is 4. The lowest BCUT2D eigenvalue weighted by molar-refractivity contribution is 0.0378. The lowest BCUT2D eigenvalue weighted by Gasteiger charge is -2.32. The SMILES string of the molecule is COc1nc(NCCCN2CCOCC2)nc(OC)c1NC(=O)c1ccc(Oc2cc(C(C)(C)C[Si](C)(C)C)ccc2C)o1. The molecule has 3 heterocycles. The summed E-state index contributed by atoms with van der Waals surface area (Å²) in [7, 11) is 1.65. The van der Waals surface area contributed by atoms with Gasteiger partial charge in [0, 0.05) is 33.8 Å². The van der Waals surface area contributed by atoms with Gasteiger partial charge in [0.1, 0.15) is 5.75 Å². The number of morpholine rings is 1. The minimum Gasteiger partial charge on any atom is -0.479 e. The third-order valence-electron chi connectivity index (χ3n) is 7.46. The van der Waals surface area contributed by atoms with Crippen LogP contribution in [0.2, 0.25) is 25.7 Å². The first-order chi connectivity index (χ1) is 20.9. The molecule has 1 amide bonds. The fraction of sp³-hybridized carbons (Fsp3) is 0.531. The molecule has 0 atom stereocenters. The summed E-state index contributed by atoms with van der Waals surface area (Å²) in [6, 6.07) is 10.6. The average molecular weight is 626 g/mol. The molecule has 1 aliphatic rings. The summed E-state index contributed by atoms with van der Waals surface area (Å²) >= 11 is 0. The molecule has 0 bridgehead atoms. The summed E-state index contributed by atoms with van der Waals surface area (Å²) in [5.74, 6) is 1.12. The molecule has 0 aliphatic carbocycles. The van der Waals surface area contributed by atoms with Crippen molar-refractivity contribution in [2.24, 2.45) is 0 Å². The van der Waals surface area contributed by atoms with Crippen LogP contribution in [0.1, 0.15) is 41.9 Å². The van der Waals surface area contributed by atoms with Crippen molar-refractivity contribution >= 4 is 25.6 Å². The predicted octanol–water partition coefficient (Wildman–Crippen LogP) is 6.19. The maximum absolute atomic E-state index is 13.2. The Hall–Kier alpha value is -3.61. The molecule has 2 N–H and O–H groups in total. The highest BCUT2D eigenvalue weighted by atomic mass is 28.3. The Morgan fingerprint density at radius 1 is 1.05 bits per heavy atom. The monoisotopic (exact) mass is 625 g/mol. The Bertz CT molecular complexity index is 1390. The molecule has 0 saturated carbocycles. The molecule has 4 rings (SSSR count). The number of carbonyl (C=O) groups excluding carboxylic acids is 1. The van der Waals surface area contributed by atoms with Gasteiger partial charge in [-0.05, 0) is 54.6 Å². The van der Waals surface area contributed by atoms with Crippen LogP contribution in [-0.2, 0) is 10.2 Å². The number of methoxy groups -OCH3 is 2. The third-order valence-corrected chi connectivity index (χ3v) is 9.41. The van der Waals surface area contributed by atoms with Crippen LogP contribution in [0.25, 0.3) is 0 Å². The van der Waals surface area contributed by atoms with Crippen LogP contribution in [-0.4, -0.2) is 82.5 Å². The molecule has 0 spiro atoms. The average Bonchev–Trinajstić information content (AvgIpc) is 3.45. The smallest absolute Gasteiger partial charge is 0.291 e. The highest BCUT2D eigenvalue weighted by Gasteiger charge is 2.29. The van der Waals surface area contributed by atoms with E-state index in [9.17, 15) is 4.79 Å². The second kappa shape index (κ2) is 14.4. The van der Waals surface area contributed by atoms with Crippen LogP contribution < -0.4 is 24.8 Å². The molecular weight excluding hydrogens is 578 g/mol. The molecule has 2 aromatic heterocycles. The van der Waals surface area contributed by atoms with Crippen LogP contribution in [0.5, 0.6) is 23.5 Å². The summed E-state index contributed by atoms with van der Waals surface area (Å²) in [4.78, 5) is 24.4. The summed E-state index contributed by atoms with van der Waals surface area (Å²) < 4.78 is 28.3. The van der Waals surface area contributed by atoms with Gasteiger partial charge in [-0.25, -0.2) is 0 Å². The first-order valence-corrected chi connectivity index (χ1v) is 18.8. The number of hydrogen-bond donors (Lipinski definition) is 2. The number of anilines is 2.